The zero-order valence-corrected chi connectivity index (χ0v) is 12.0. The summed E-state index contributed by atoms with van der Waals surface area (Å²) in [6.07, 6.45) is 0. The number of rotatable bonds is 4. The number of thiazole rings is 1. The largest absolute Gasteiger partial charge is 0.477 e. The number of thioether (sulfide) groups is 1. The SMILES string of the molecule is Cc1nc(SCc2ccc(C#N)cc2F)sc1C(=O)O. The number of nitriles is 1. The first-order valence-corrected chi connectivity index (χ1v) is 7.33. The number of hydrogen-bond acceptors (Lipinski definition) is 5. The number of benzene rings is 1. The molecule has 4 nitrogen and oxygen atoms in total. The van der Waals surface area contributed by atoms with Gasteiger partial charge in [-0.15, -0.1) is 11.3 Å². The maximum absolute atomic E-state index is 13.7. The Morgan fingerprint density at radius 2 is 2.35 bits per heavy atom. The lowest BCUT2D eigenvalue weighted by atomic mass is 10.1. The van der Waals surface area contributed by atoms with Gasteiger partial charge in [0.1, 0.15) is 10.7 Å². The molecular formula is C13H9FN2O2S2. The minimum Gasteiger partial charge on any atom is -0.477 e. The van der Waals surface area contributed by atoms with Crippen molar-refractivity contribution in [3.8, 4) is 6.07 Å². The Hall–Kier alpha value is -1.91. The normalized spacial score (nSPS) is 10.2. The Balaban J connectivity index is 2.11. The molecule has 0 atom stereocenters. The van der Waals surface area contributed by atoms with Crippen LogP contribution in [0.2, 0.25) is 0 Å². The molecule has 7 heteroatoms. The standard InChI is InChI=1S/C13H9FN2O2S2/c1-7-11(12(17)18)20-13(16-7)19-6-9-3-2-8(5-15)4-10(9)14/h2-4H,6H2,1H3,(H,17,18). The first kappa shape index (κ1) is 14.5. The highest BCUT2D eigenvalue weighted by atomic mass is 32.2. The lowest BCUT2D eigenvalue weighted by Gasteiger charge is -2.01. The van der Waals surface area contributed by atoms with Crippen molar-refractivity contribution in [1.29, 1.82) is 5.26 Å². The van der Waals surface area contributed by atoms with Crippen molar-refractivity contribution in [1.82, 2.24) is 4.98 Å². The fourth-order valence-electron chi connectivity index (χ4n) is 1.51. The molecule has 0 amide bonds. The number of nitrogens with zero attached hydrogens (tertiary/aromatic N) is 2. The second-order valence-electron chi connectivity index (χ2n) is 3.91. The Morgan fingerprint density at radius 3 is 2.90 bits per heavy atom. The molecule has 0 spiro atoms. The third-order valence-corrected chi connectivity index (χ3v) is 4.84. The summed E-state index contributed by atoms with van der Waals surface area (Å²) in [7, 11) is 0. The topological polar surface area (TPSA) is 74.0 Å². The van der Waals surface area contributed by atoms with E-state index in [4.69, 9.17) is 10.4 Å². The molecule has 1 aromatic carbocycles. The lowest BCUT2D eigenvalue weighted by Crippen LogP contribution is -1.94. The van der Waals surface area contributed by atoms with E-state index in [-0.39, 0.29) is 10.4 Å². The molecular weight excluding hydrogens is 299 g/mol. The number of aromatic nitrogens is 1. The first-order valence-electron chi connectivity index (χ1n) is 5.53. The van der Waals surface area contributed by atoms with Crippen LogP contribution >= 0.6 is 23.1 Å². The number of halogens is 1. The van der Waals surface area contributed by atoms with E-state index < -0.39 is 11.8 Å². The Labute approximate surface area is 122 Å². The van der Waals surface area contributed by atoms with Gasteiger partial charge in [0.15, 0.2) is 4.34 Å². The number of carbonyl (C=O) groups is 1. The smallest absolute Gasteiger partial charge is 0.347 e. The Kier molecular flexibility index (Phi) is 4.37. The third kappa shape index (κ3) is 3.15. The van der Waals surface area contributed by atoms with Crippen LogP contribution in [0.25, 0.3) is 0 Å². The van der Waals surface area contributed by atoms with Crippen molar-refractivity contribution in [3.05, 3.63) is 45.7 Å². The molecule has 0 saturated carbocycles. The van der Waals surface area contributed by atoms with Crippen molar-refractivity contribution in [2.75, 3.05) is 0 Å². The van der Waals surface area contributed by atoms with Crippen LogP contribution in [0, 0.1) is 24.1 Å². The van der Waals surface area contributed by atoms with Gasteiger partial charge in [0, 0.05) is 5.75 Å². The van der Waals surface area contributed by atoms with Gasteiger partial charge in [-0.05, 0) is 24.6 Å². The van der Waals surface area contributed by atoms with Crippen molar-refractivity contribution in [2.45, 2.75) is 17.0 Å². The number of aromatic carboxylic acids is 1. The fraction of sp³-hybridized carbons (Fsp3) is 0.154. The zero-order chi connectivity index (χ0) is 14.7. The van der Waals surface area contributed by atoms with Gasteiger partial charge in [0.05, 0.1) is 17.3 Å². The van der Waals surface area contributed by atoms with Crippen LogP contribution in [0.5, 0.6) is 0 Å². The fourth-order valence-corrected chi connectivity index (χ4v) is 3.52. The maximum Gasteiger partial charge on any atom is 0.347 e. The Morgan fingerprint density at radius 1 is 1.60 bits per heavy atom. The van der Waals surface area contributed by atoms with Gasteiger partial charge in [-0.3, -0.25) is 0 Å². The molecule has 2 aromatic rings. The Bertz CT molecular complexity index is 707. The number of aryl methyl sites for hydroxylation is 1. The zero-order valence-electron chi connectivity index (χ0n) is 10.4. The summed E-state index contributed by atoms with van der Waals surface area (Å²) < 4.78 is 14.3. The molecule has 0 aliphatic heterocycles. The molecule has 2 rings (SSSR count). The van der Waals surface area contributed by atoms with Crippen LogP contribution in [-0.2, 0) is 5.75 Å². The highest BCUT2D eigenvalue weighted by Crippen LogP contribution is 2.30. The number of carboxylic acids is 1. The molecule has 20 heavy (non-hydrogen) atoms. The van der Waals surface area contributed by atoms with E-state index in [1.807, 2.05) is 6.07 Å². The second-order valence-corrected chi connectivity index (χ2v) is 6.13. The minimum atomic E-state index is -1.00. The summed E-state index contributed by atoms with van der Waals surface area (Å²) in [5, 5.41) is 17.6. The molecule has 1 aromatic heterocycles. The van der Waals surface area contributed by atoms with Gasteiger partial charge >= 0.3 is 5.97 Å². The minimum absolute atomic E-state index is 0.202. The van der Waals surface area contributed by atoms with Crippen molar-refractivity contribution in [2.24, 2.45) is 0 Å². The summed E-state index contributed by atoms with van der Waals surface area (Å²) >= 11 is 2.35. The predicted octanol–water partition coefficient (Wildman–Crippen LogP) is 3.45. The van der Waals surface area contributed by atoms with E-state index in [0.717, 1.165) is 11.3 Å². The molecule has 0 unspecified atom stereocenters. The number of carboxylic acid groups (broad SMARTS) is 1. The molecule has 1 heterocycles. The summed E-state index contributed by atoms with van der Waals surface area (Å²) in [5.41, 5.74) is 1.19. The molecule has 102 valence electrons. The molecule has 0 aliphatic rings. The van der Waals surface area contributed by atoms with Crippen LogP contribution in [0.15, 0.2) is 22.5 Å². The highest BCUT2D eigenvalue weighted by molar-refractivity contribution is 8.00. The van der Waals surface area contributed by atoms with E-state index in [1.54, 1.807) is 19.1 Å². The predicted molar refractivity (Wildman–Crippen MR) is 74.5 cm³/mol. The van der Waals surface area contributed by atoms with Gasteiger partial charge in [0.25, 0.3) is 0 Å². The van der Waals surface area contributed by atoms with E-state index >= 15 is 0 Å². The maximum atomic E-state index is 13.7. The van der Waals surface area contributed by atoms with Gasteiger partial charge in [0.2, 0.25) is 0 Å². The van der Waals surface area contributed by atoms with Crippen LogP contribution in [0.3, 0.4) is 0 Å². The van der Waals surface area contributed by atoms with Crippen LogP contribution < -0.4 is 0 Å². The van der Waals surface area contributed by atoms with E-state index in [2.05, 4.69) is 4.98 Å². The molecule has 1 N–H and O–H groups in total. The average Bonchev–Trinajstić information content (AvgIpc) is 2.78. The molecule has 0 aliphatic carbocycles. The van der Waals surface area contributed by atoms with Crippen molar-refractivity contribution < 1.29 is 14.3 Å². The number of hydrogen-bond donors (Lipinski definition) is 1. The quantitative estimate of drug-likeness (QED) is 0.876. The van der Waals surface area contributed by atoms with Gasteiger partial charge < -0.3 is 5.11 Å². The van der Waals surface area contributed by atoms with E-state index in [0.29, 0.717) is 21.3 Å². The van der Waals surface area contributed by atoms with Crippen molar-refractivity contribution >= 4 is 29.1 Å². The van der Waals surface area contributed by atoms with E-state index in [9.17, 15) is 9.18 Å². The summed E-state index contributed by atoms with van der Waals surface area (Å²) in [6.45, 7) is 1.63. The molecule has 0 bridgehead atoms. The summed E-state index contributed by atoms with van der Waals surface area (Å²) in [5.74, 6) is -1.11. The average molecular weight is 308 g/mol. The van der Waals surface area contributed by atoms with E-state index in [1.165, 1.54) is 17.8 Å². The summed E-state index contributed by atoms with van der Waals surface area (Å²) in [4.78, 5) is 15.2. The molecule has 0 fully saturated rings. The van der Waals surface area contributed by atoms with Gasteiger partial charge in [-0.1, -0.05) is 17.8 Å². The lowest BCUT2D eigenvalue weighted by molar-refractivity contribution is 0.0701. The van der Waals surface area contributed by atoms with Crippen molar-refractivity contribution in [3.63, 3.8) is 0 Å². The second kappa shape index (κ2) is 6.03. The monoisotopic (exact) mass is 308 g/mol. The van der Waals surface area contributed by atoms with Crippen LogP contribution in [0.4, 0.5) is 4.39 Å². The van der Waals surface area contributed by atoms with Crippen LogP contribution in [0.1, 0.15) is 26.5 Å². The van der Waals surface area contributed by atoms with Gasteiger partial charge in [-0.2, -0.15) is 5.26 Å². The van der Waals surface area contributed by atoms with Crippen LogP contribution in [-0.4, -0.2) is 16.1 Å². The summed E-state index contributed by atoms with van der Waals surface area (Å²) in [6, 6.07) is 6.16. The molecule has 0 saturated heterocycles. The molecule has 0 radical (unpaired) electrons. The third-order valence-electron chi connectivity index (χ3n) is 2.50. The van der Waals surface area contributed by atoms with Gasteiger partial charge in [-0.25, -0.2) is 14.2 Å². The highest BCUT2D eigenvalue weighted by Gasteiger charge is 2.14. The first-order chi connectivity index (χ1) is 9.51.